The van der Waals surface area contributed by atoms with Crippen molar-refractivity contribution in [2.24, 2.45) is 11.7 Å². The van der Waals surface area contributed by atoms with Crippen LogP contribution in [0.3, 0.4) is 0 Å². The lowest BCUT2D eigenvalue weighted by Crippen LogP contribution is -2.31. The van der Waals surface area contributed by atoms with Crippen molar-refractivity contribution in [1.82, 2.24) is 4.90 Å². The molecule has 1 aliphatic rings. The van der Waals surface area contributed by atoms with Crippen molar-refractivity contribution in [2.45, 2.75) is 38.6 Å². The molecule has 0 saturated heterocycles. The summed E-state index contributed by atoms with van der Waals surface area (Å²) >= 11 is 0. The highest BCUT2D eigenvalue weighted by molar-refractivity contribution is 4.98. The van der Waals surface area contributed by atoms with E-state index in [9.17, 15) is 0 Å². The number of nitrogens with zero attached hydrogens (tertiary/aromatic N) is 1. The first kappa shape index (κ1) is 10.0. The summed E-state index contributed by atoms with van der Waals surface area (Å²) in [5, 5.41) is 0. The fourth-order valence-corrected chi connectivity index (χ4v) is 1.54. The van der Waals surface area contributed by atoms with Crippen LogP contribution in [-0.4, -0.2) is 30.6 Å². The summed E-state index contributed by atoms with van der Waals surface area (Å²) in [6.45, 7) is 6.86. The van der Waals surface area contributed by atoms with E-state index in [1.807, 2.05) is 0 Å². The molecule has 1 fully saturated rings. The highest BCUT2D eigenvalue weighted by atomic mass is 15.1. The SMILES string of the molecule is CC(C)CN(C)CCC1(N)CC1. The maximum atomic E-state index is 6.00. The summed E-state index contributed by atoms with van der Waals surface area (Å²) < 4.78 is 0. The second-order valence-corrected chi connectivity index (χ2v) is 4.77. The molecular formula is C10H22N2. The molecule has 2 N–H and O–H groups in total. The number of nitrogens with two attached hydrogens (primary N) is 1. The molecule has 0 bridgehead atoms. The van der Waals surface area contributed by atoms with E-state index in [1.165, 1.54) is 25.8 Å². The third-order valence-electron chi connectivity index (χ3n) is 2.56. The maximum absolute atomic E-state index is 6.00. The van der Waals surface area contributed by atoms with Gasteiger partial charge in [0.15, 0.2) is 0 Å². The molecule has 0 heterocycles. The largest absolute Gasteiger partial charge is 0.325 e. The van der Waals surface area contributed by atoms with Gasteiger partial charge in [0.05, 0.1) is 0 Å². The van der Waals surface area contributed by atoms with Crippen molar-refractivity contribution in [3.63, 3.8) is 0 Å². The van der Waals surface area contributed by atoms with Crippen LogP contribution in [0.5, 0.6) is 0 Å². The molecule has 0 aliphatic heterocycles. The van der Waals surface area contributed by atoms with Gasteiger partial charge in [-0.1, -0.05) is 13.8 Å². The summed E-state index contributed by atoms with van der Waals surface area (Å²) in [6, 6.07) is 0. The summed E-state index contributed by atoms with van der Waals surface area (Å²) in [7, 11) is 2.19. The highest BCUT2D eigenvalue weighted by Gasteiger charge is 2.37. The lowest BCUT2D eigenvalue weighted by atomic mass is 10.1. The van der Waals surface area contributed by atoms with E-state index in [0.29, 0.717) is 0 Å². The predicted molar refractivity (Wildman–Crippen MR) is 53.1 cm³/mol. The average Bonchev–Trinajstić information content (AvgIpc) is 2.64. The summed E-state index contributed by atoms with van der Waals surface area (Å²) in [4.78, 5) is 2.39. The van der Waals surface area contributed by atoms with Crippen molar-refractivity contribution in [3.05, 3.63) is 0 Å². The van der Waals surface area contributed by atoms with Crippen molar-refractivity contribution in [1.29, 1.82) is 0 Å². The van der Waals surface area contributed by atoms with Crippen LogP contribution in [0.25, 0.3) is 0 Å². The molecular weight excluding hydrogens is 148 g/mol. The predicted octanol–water partition coefficient (Wildman–Crippen LogP) is 1.46. The number of rotatable bonds is 5. The zero-order valence-electron chi connectivity index (χ0n) is 8.64. The quantitative estimate of drug-likeness (QED) is 0.677. The van der Waals surface area contributed by atoms with Gasteiger partial charge >= 0.3 is 0 Å². The molecule has 0 spiro atoms. The standard InChI is InChI=1S/C10H22N2/c1-9(2)8-12(3)7-6-10(11)4-5-10/h9H,4-8,11H2,1-3H3. The first-order valence-corrected chi connectivity index (χ1v) is 4.99. The molecule has 12 heavy (non-hydrogen) atoms. The number of hydrogen-bond donors (Lipinski definition) is 1. The van der Waals surface area contributed by atoms with E-state index in [1.54, 1.807) is 0 Å². The molecule has 1 saturated carbocycles. The minimum Gasteiger partial charge on any atom is -0.325 e. The fourth-order valence-electron chi connectivity index (χ4n) is 1.54. The summed E-state index contributed by atoms with van der Waals surface area (Å²) in [5.74, 6) is 0.767. The van der Waals surface area contributed by atoms with E-state index in [-0.39, 0.29) is 5.54 Å². The van der Waals surface area contributed by atoms with Gasteiger partial charge in [0.25, 0.3) is 0 Å². The molecule has 0 radical (unpaired) electrons. The molecule has 0 aromatic heterocycles. The molecule has 72 valence electrons. The summed E-state index contributed by atoms with van der Waals surface area (Å²) in [5.41, 5.74) is 6.23. The zero-order valence-corrected chi connectivity index (χ0v) is 8.64. The first-order chi connectivity index (χ1) is 5.52. The minimum atomic E-state index is 0.227. The fraction of sp³-hybridized carbons (Fsp3) is 1.00. The van der Waals surface area contributed by atoms with Gasteiger partial charge in [0.1, 0.15) is 0 Å². The van der Waals surface area contributed by atoms with Gasteiger partial charge in [-0.3, -0.25) is 0 Å². The van der Waals surface area contributed by atoms with Crippen LogP contribution in [0.2, 0.25) is 0 Å². The Hall–Kier alpha value is -0.0800. The van der Waals surface area contributed by atoms with Crippen molar-refractivity contribution < 1.29 is 0 Å². The lowest BCUT2D eigenvalue weighted by Gasteiger charge is -2.20. The second-order valence-electron chi connectivity index (χ2n) is 4.77. The molecule has 1 aliphatic carbocycles. The van der Waals surface area contributed by atoms with Crippen molar-refractivity contribution in [3.8, 4) is 0 Å². The smallest absolute Gasteiger partial charge is 0.0167 e. The van der Waals surface area contributed by atoms with Crippen LogP contribution < -0.4 is 5.73 Å². The molecule has 1 rings (SSSR count). The van der Waals surface area contributed by atoms with Crippen molar-refractivity contribution in [2.75, 3.05) is 20.1 Å². The first-order valence-electron chi connectivity index (χ1n) is 4.99. The van der Waals surface area contributed by atoms with Crippen LogP contribution in [0.15, 0.2) is 0 Å². The van der Waals surface area contributed by atoms with Crippen LogP contribution in [0.1, 0.15) is 33.1 Å². The second kappa shape index (κ2) is 3.75. The Balaban J connectivity index is 2.06. The normalized spacial score (nSPS) is 20.5. The molecule has 0 unspecified atom stereocenters. The molecule has 0 aromatic rings. The topological polar surface area (TPSA) is 29.3 Å². The van der Waals surface area contributed by atoms with Gasteiger partial charge in [-0.05, 0) is 38.8 Å². The molecule has 0 amide bonds. The van der Waals surface area contributed by atoms with Crippen LogP contribution in [0.4, 0.5) is 0 Å². The Kier molecular flexibility index (Phi) is 3.13. The van der Waals surface area contributed by atoms with Gasteiger partial charge in [0, 0.05) is 12.1 Å². The third kappa shape index (κ3) is 3.55. The van der Waals surface area contributed by atoms with Gasteiger partial charge in [-0.15, -0.1) is 0 Å². The highest BCUT2D eigenvalue weighted by Crippen LogP contribution is 2.35. The Morgan fingerprint density at radius 1 is 1.42 bits per heavy atom. The molecule has 2 nitrogen and oxygen atoms in total. The van der Waals surface area contributed by atoms with Gasteiger partial charge in [-0.2, -0.15) is 0 Å². The molecule has 0 atom stereocenters. The van der Waals surface area contributed by atoms with Crippen LogP contribution in [0, 0.1) is 5.92 Å². The van der Waals surface area contributed by atoms with E-state index in [2.05, 4.69) is 25.8 Å². The lowest BCUT2D eigenvalue weighted by molar-refractivity contribution is 0.281. The third-order valence-corrected chi connectivity index (χ3v) is 2.56. The number of hydrogen-bond acceptors (Lipinski definition) is 2. The Morgan fingerprint density at radius 2 is 2.00 bits per heavy atom. The zero-order chi connectivity index (χ0) is 9.19. The average molecular weight is 170 g/mol. The van der Waals surface area contributed by atoms with Crippen molar-refractivity contribution >= 4 is 0 Å². The molecule has 0 aromatic carbocycles. The van der Waals surface area contributed by atoms with E-state index in [4.69, 9.17) is 5.73 Å². The monoisotopic (exact) mass is 170 g/mol. The minimum absolute atomic E-state index is 0.227. The van der Waals surface area contributed by atoms with Gasteiger partial charge in [-0.25, -0.2) is 0 Å². The van der Waals surface area contributed by atoms with E-state index in [0.717, 1.165) is 12.5 Å². The van der Waals surface area contributed by atoms with Gasteiger partial charge in [0.2, 0.25) is 0 Å². The van der Waals surface area contributed by atoms with Gasteiger partial charge < -0.3 is 10.6 Å². The Labute approximate surface area is 76.1 Å². The Bertz CT molecular complexity index is 139. The van der Waals surface area contributed by atoms with E-state index >= 15 is 0 Å². The van der Waals surface area contributed by atoms with E-state index < -0.39 is 0 Å². The molecule has 2 heteroatoms. The maximum Gasteiger partial charge on any atom is 0.0167 e. The summed E-state index contributed by atoms with van der Waals surface area (Å²) in [6.07, 6.45) is 3.65. The Morgan fingerprint density at radius 3 is 2.42 bits per heavy atom. The van der Waals surface area contributed by atoms with Crippen LogP contribution >= 0.6 is 0 Å². The van der Waals surface area contributed by atoms with Crippen LogP contribution in [-0.2, 0) is 0 Å².